The molecule has 1 N–H and O–H groups in total. The fraction of sp³-hybridized carbons (Fsp3) is 0.538. The lowest BCUT2D eigenvalue weighted by atomic mass is 10.1. The first-order valence-corrected chi connectivity index (χ1v) is 6.39. The molecule has 0 saturated carbocycles. The second-order valence-corrected chi connectivity index (χ2v) is 4.87. The second kappa shape index (κ2) is 4.57. The van der Waals surface area contributed by atoms with E-state index in [4.69, 9.17) is 0 Å². The lowest BCUT2D eigenvalue weighted by Gasteiger charge is -2.38. The van der Waals surface area contributed by atoms with Crippen LogP contribution < -0.4 is 4.90 Å². The maximum atomic E-state index is 11.6. The number of piperazine rings is 1. The molecule has 5 nitrogen and oxygen atoms in total. The summed E-state index contributed by atoms with van der Waals surface area (Å²) < 4.78 is 0. The molecule has 0 aliphatic carbocycles. The smallest absolute Gasteiger partial charge is 0.223 e. The van der Waals surface area contributed by atoms with Gasteiger partial charge in [0.25, 0.3) is 0 Å². The highest BCUT2D eigenvalue weighted by atomic mass is 16.3. The zero-order valence-corrected chi connectivity index (χ0v) is 10.2. The quantitative estimate of drug-likeness (QED) is 0.821. The molecule has 5 heteroatoms. The zero-order chi connectivity index (χ0) is 12.5. The number of pyridine rings is 1. The van der Waals surface area contributed by atoms with Gasteiger partial charge >= 0.3 is 0 Å². The van der Waals surface area contributed by atoms with Gasteiger partial charge in [-0.05, 0) is 12.5 Å². The van der Waals surface area contributed by atoms with Crippen molar-refractivity contribution in [2.24, 2.45) is 0 Å². The number of hydrogen-bond acceptors (Lipinski definition) is 4. The summed E-state index contributed by atoms with van der Waals surface area (Å²) in [5, 5.41) is 9.35. The lowest BCUT2D eigenvalue weighted by Crippen LogP contribution is -2.52. The van der Waals surface area contributed by atoms with Crippen LogP contribution in [0.15, 0.2) is 18.3 Å². The van der Waals surface area contributed by atoms with E-state index in [2.05, 4.69) is 9.88 Å². The number of fused-ring (bicyclic) bond motifs is 1. The van der Waals surface area contributed by atoms with Gasteiger partial charge in [0.05, 0.1) is 6.61 Å². The van der Waals surface area contributed by atoms with E-state index in [1.807, 2.05) is 17.0 Å². The first kappa shape index (κ1) is 11.5. The molecule has 18 heavy (non-hydrogen) atoms. The number of aliphatic hydroxyl groups is 1. The summed E-state index contributed by atoms with van der Waals surface area (Å²) >= 11 is 0. The summed E-state index contributed by atoms with van der Waals surface area (Å²) in [6.45, 7) is 2.40. The molecule has 2 aliphatic rings. The van der Waals surface area contributed by atoms with Crippen molar-refractivity contribution in [3.8, 4) is 0 Å². The Morgan fingerprint density at radius 2 is 2.33 bits per heavy atom. The molecule has 2 saturated heterocycles. The van der Waals surface area contributed by atoms with Crippen LogP contribution in [0.5, 0.6) is 0 Å². The predicted molar refractivity (Wildman–Crippen MR) is 67.1 cm³/mol. The normalized spacial score (nSPS) is 23.4. The highest BCUT2D eigenvalue weighted by molar-refractivity contribution is 5.79. The van der Waals surface area contributed by atoms with Crippen molar-refractivity contribution in [3.63, 3.8) is 0 Å². The molecule has 2 fully saturated rings. The topological polar surface area (TPSA) is 56.7 Å². The molecular formula is C13H17N3O2. The number of anilines is 1. The number of aromatic nitrogens is 1. The Bertz CT molecular complexity index is 463. The SMILES string of the molecule is O=C1CCC2CN(c3ncccc3CO)CCN12. The number of nitrogens with zero attached hydrogens (tertiary/aromatic N) is 3. The third-order valence-electron chi connectivity index (χ3n) is 3.83. The van der Waals surface area contributed by atoms with Gasteiger partial charge in [0.15, 0.2) is 0 Å². The molecular weight excluding hydrogens is 230 g/mol. The Morgan fingerprint density at radius 1 is 1.44 bits per heavy atom. The van der Waals surface area contributed by atoms with Crippen molar-refractivity contribution < 1.29 is 9.90 Å². The minimum absolute atomic E-state index is 0.00693. The Labute approximate surface area is 106 Å². The van der Waals surface area contributed by atoms with Crippen LogP contribution in [0.2, 0.25) is 0 Å². The van der Waals surface area contributed by atoms with Crippen LogP contribution in [0.3, 0.4) is 0 Å². The average Bonchev–Trinajstić information content (AvgIpc) is 2.80. The molecule has 0 spiro atoms. The molecule has 1 atom stereocenters. The third-order valence-corrected chi connectivity index (χ3v) is 3.83. The van der Waals surface area contributed by atoms with E-state index in [1.165, 1.54) is 0 Å². The van der Waals surface area contributed by atoms with Crippen molar-refractivity contribution in [2.45, 2.75) is 25.5 Å². The first-order chi connectivity index (χ1) is 8.79. The molecule has 96 valence electrons. The van der Waals surface area contributed by atoms with Crippen LogP contribution in [0.1, 0.15) is 18.4 Å². The van der Waals surface area contributed by atoms with E-state index in [9.17, 15) is 9.90 Å². The standard InChI is InChI=1S/C13H17N3O2/c17-9-10-2-1-5-14-13(10)15-6-7-16-11(8-15)3-4-12(16)18/h1-2,5,11,17H,3-4,6-9H2. The van der Waals surface area contributed by atoms with Gasteiger partial charge in [-0.1, -0.05) is 6.07 Å². The van der Waals surface area contributed by atoms with E-state index < -0.39 is 0 Å². The highest BCUT2D eigenvalue weighted by Crippen LogP contribution is 2.26. The summed E-state index contributed by atoms with van der Waals surface area (Å²) in [5.41, 5.74) is 0.857. The number of amides is 1. The van der Waals surface area contributed by atoms with Crippen molar-refractivity contribution in [3.05, 3.63) is 23.9 Å². The second-order valence-electron chi connectivity index (χ2n) is 4.87. The number of aliphatic hydroxyl groups excluding tert-OH is 1. The van der Waals surface area contributed by atoms with Crippen molar-refractivity contribution in [2.75, 3.05) is 24.5 Å². The van der Waals surface area contributed by atoms with Gasteiger partial charge in [0.1, 0.15) is 5.82 Å². The third kappa shape index (κ3) is 1.84. The number of rotatable bonds is 2. The van der Waals surface area contributed by atoms with Crippen LogP contribution in [0.4, 0.5) is 5.82 Å². The van der Waals surface area contributed by atoms with Gasteiger partial charge in [-0.15, -0.1) is 0 Å². The molecule has 0 radical (unpaired) electrons. The lowest BCUT2D eigenvalue weighted by molar-refractivity contribution is -0.129. The minimum atomic E-state index is 0.00693. The predicted octanol–water partition coefficient (Wildman–Crippen LogP) is 0.385. The molecule has 3 rings (SSSR count). The van der Waals surface area contributed by atoms with Gasteiger partial charge in [-0.25, -0.2) is 4.98 Å². The number of carbonyl (C=O) groups excluding carboxylic acids is 1. The Hall–Kier alpha value is -1.62. The van der Waals surface area contributed by atoms with E-state index in [0.29, 0.717) is 12.5 Å². The number of hydrogen-bond donors (Lipinski definition) is 1. The number of carbonyl (C=O) groups is 1. The van der Waals surface area contributed by atoms with Crippen LogP contribution in [0.25, 0.3) is 0 Å². The van der Waals surface area contributed by atoms with Crippen molar-refractivity contribution in [1.29, 1.82) is 0 Å². The molecule has 2 aliphatic heterocycles. The Balaban J connectivity index is 1.80. The molecule has 3 heterocycles. The maximum Gasteiger partial charge on any atom is 0.223 e. The van der Waals surface area contributed by atoms with Gasteiger partial charge in [-0.2, -0.15) is 0 Å². The largest absolute Gasteiger partial charge is 0.392 e. The highest BCUT2D eigenvalue weighted by Gasteiger charge is 2.36. The van der Waals surface area contributed by atoms with E-state index in [1.54, 1.807) is 6.20 Å². The van der Waals surface area contributed by atoms with Crippen molar-refractivity contribution >= 4 is 11.7 Å². The summed E-state index contributed by atoms with van der Waals surface area (Å²) in [6.07, 6.45) is 3.37. The summed E-state index contributed by atoms with van der Waals surface area (Å²) in [5.74, 6) is 1.14. The maximum absolute atomic E-state index is 11.6. The minimum Gasteiger partial charge on any atom is -0.392 e. The van der Waals surface area contributed by atoms with Crippen molar-refractivity contribution in [1.82, 2.24) is 9.88 Å². The monoisotopic (exact) mass is 247 g/mol. The van der Waals surface area contributed by atoms with Crippen LogP contribution >= 0.6 is 0 Å². The summed E-state index contributed by atoms with van der Waals surface area (Å²) in [4.78, 5) is 20.2. The van der Waals surface area contributed by atoms with Gasteiger partial charge in [0.2, 0.25) is 5.91 Å². The van der Waals surface area contributed by atoms with Gasteiger partial charge < -0.3 is 14.9 Å². The Kier molecular flexibility index (Phi) is 2.91. The molecule has 1 aromatic heterocycles. The molecule has 1 unspecified atom stereocenters. The fourth-order valence-corrected chi connectivity index (χ4v) is 2.90. The van der Waals surface area contributed by atoms with Crippen LogP contribution in [0, 0.1) is 0 Å². The zero-order valence-electron chi connectivity index (χ0n) is 10.2. The summed E-state index contributed by atoms with van der Waals surface area (Å²) in [6, 6.07) is 4.05. The van der Waals surface area contributed by atoms with Gasteiger partial charge in [-0.3, -0.25) is 4.79 Å². The Morgan fingerprint density at radius 3 is 3.17 bits per heavy atom. The summed E-state index contributed by atoms with van der Waals surface area (Å²) in [7, 11) is 0. The van der Waals surface area contributed by atoms with Crippen LogP contribution in [-0.2, 0) is 11.4 Å². The molecule has 1 aromatic rings. The average molecular weight is 247 g/mol. The van der Waals surface area contributed by atoms with Crippen LogP contribution in [-0.4, -0.2) is 46.6 Å². The van der Waals surface area contributed by atoms with Gasteiger partial charge in [0, 0.05) is 43.9 Å². The van der Waals surface area contributed by atoms with E-state index in [-0.39, 0.29) is 12.5 Å². The molecule has 0 bridgehead atoms. The first-order valence-electron chi connectivity index (χ1n) is 6.39. The van der Waals surface area contributed by atoms with E-state index in [0.717, 1.165) is 37.4 Å². The van der Waals surface area contributed by atoms with E-state index >= 15 is 0 Å². The molecule has 1 amide bonds. The fourth-order valence-electron chi connectivity index (χ4n) is 2.90. The molecule has 0 aromatic carbocycles.